The Morgan fingerprint density at radius 2 is 1.47 bits per heavy atom. The minimum absolute atomic E-state index is 0. The van der Waals surface area contributed by atoms with E-state index in [1.807, 2.05) is 60.7 Å². The molecule has 0 unspecified atom stereocenters. The zero-order valence-electron chi connectivity index (χ0n) is 46.3. The Labute approximate surface area is 386 Å². The number of benzene rings is 5. The van der Waals surface area contributed by atoms with Crippen molar-refractivity contribution in [3.63, 3.8) is 0 Å². The third-order valence-electron chi connectivity index (χ3n) is 11.5. The number of pyridine rings is 2. The summed E-state index contributed by atoms with van der Waals surface area (Å²) in [5.41, 5.74) is 4.59. The molecule has 5 aromatic carbocycles. The molecule has 1 aliphatic rings. The van der Waals surface area contributed by atoms with Gasteiger partial charge in [0.25, 0.3) is 0 Å². The van der Waals surface area contributed by atoms with Crippen LogP contribution >= 0.6 is 0 Å². The van der Waals surface area contributed by atoms with Gasteiger partial charge in [-0.15, -0.1) is 47.5 Å². The molecule has 3 nitrogen and oxygen atoms in total. The SMILES string of the molecule is [2H]C([2H])([2H])c1cnc(-c2[c-]ccc3c2oc2c4ccccc4ccc32)cc1C1([2H])C(C)(C)CCCC1(C)C.[2H]C([2H])c1cnc(-c2[c-]cc(C([2H])([2H])[2H])c(-c3ccccc3)c2)cc1C([2H])([2H])C(C)(C)C.[Ir]. The third kappa shape index (κ3) is 8.65. The number of aryl methyl sites for hydroxylation is 3. The van der Waals surface area contributed by atoms with E-state index in [2.05, 4.69) is 74.1 Å². The van der Waals surface area contributed by atoms with Crippen LogP contribution in [0.3, 0.4) is 0 Å². The Kier molecular flexibility index (Phi) is 8.73. The van der Waals surface area contributed by atoms with Crippen molar-refractivity contribution >= 4 is 32.7 Å². The van der Waals surface area contributed by atoms with E-state index in [4.69, 9.17) is 18.1 Å². The maximum Gasteiger partial charge on any atom is 0.128 e. The Bertz CT molecular complexity index is 3230. The van der Waals surface area contributed by atoms with E-state index in [0.717, 1.165) is 52.0 Å². The summed E-state index contributed by atoms with van der Waals surface area (Å²) in [5, 5.41) is 4.11. The molecule has 4 heteroatoms. The largest absolute Gasteiger partial charge is 0.500 e. The smallest absolute Gasteiger partial charge is 0.128 e. The number of hydrogen-bond acceptors (Lipinski definition) is 3. The summed E-state index contributed by atoms with van der Waals surface area (Å²) in [6.07, 6.45) is 3.74. The molecular formula is C56H58IrN2O-2. The van der Waals surface area contributed by atoms with E-state index in [-0.39, 0.29) is 42.4 Å². The number of fused-ring (bicyclic) bond motifs is 5. The van der Waals surface area contributed by atoms with E-state index in [1.165, 1.54) is 18.5 Å². The van der Waals surface area contributed by atoms with Gasteiger partial charge in [0.2, 0.25) is 0 Å². The van der Waals surface area contributed by atoms with Crippen LogP contribution in [0.4, 0.5) is 0 Å². The number of furan rings is 1. The molecule has 0 atom stereocenters. The third-order valence-corrected chi connectivity index (χ3v) is 11.5. The number of hydrogen-bond donors (Lipinski definition) is 0. The van der Waals surface area contributed by atoms with Crippen LogP contribution in [0, 0.1) is 49.0 Å². The Hall–Kier alpha value is -4.89. The second-order valence-corrected chi connectivity index (χ2v) is 18.0. The van der Waals surface area contributed by atoms with Crippen molar-refractivity contribution in [2.45, 2.75) is 101 Å². The fraction of sp³-hybridized carbons (Fsp3) is 0.321. The van der Waals surface area contributed by atoms with Crippen molar-refractivity contribution in [2.75, 3.05) is 0 Å². The molecule has 0 spiro atoms. The van der Waals surface area contributed by atoms with Crippen LogP contribution < -0.4 is 0 Å². The molecule has 8 aromatic rings. The summed E-state index contributed by atoms with van der Waals surface area (Å²) in [5.74, 6) is -1.13. The quantitative estimate of drug-likeness (QED) is 0.161. The molecular weight excluding hydrogens is 909 g/mol. The topological polar surface area (TPSA) is 38.9 Å². The molecule has 309 valence electrons. The normalized spacial score (nSPS) is 19.0. The second kappa shape index (κ2) is 16.9. The van der Waals surface area contributed by atoms with E-state index in [9.17, 15) is 1.37 Å². The standard InChI is InChI=1S/C32H32NO.C24H26N.Ir/c1-20-19-33-27(18-26(20)30-31(2,3)16-9-17-32(30,4)5)25-13-8-12-23-24-15-14-21-10-6-7-11-22(21)28(24)34-29(23)25;1-17-11-12-20(13-22(17)19-9-7-6-8-10-19)23-14-21(15-24(3,4)5)18(2)16-25-23;/h6-8,10-12,14-15,18-19,30H,9,16-17H2,1-5H3;6-11,13-14,16H,15H2,1-5H3;/q2*-1;/i1D3,30D;1D3,2D2,15D2;. The van der Waals surface area contributed by atoms with Crippen molar-refractivity contribution in [3.8, 4) is 33.6 Å². The predicted molar refractivity (Wildman–Crippen MR) is 249 cm³/mol. The van der Waals surface area contributed by atoms with E-state index >= 15 is 0 Å². The Morgan fingerprint density at radius 1 is 0.767 bits per heavy atom. The monoisotopic (exact) mass is 978 g/mol. The van der Waals surface area contributed by atoms with Crippen LogP contribution in [0.1, 0.15) is 117 Å². The van der Waals surface area contributed by atoms with Crippen LogP contribution in [0.5, 0.6) is 0 Å². The van der Waals surface area contributed by atoms with Gasteiger partial charge in [-0.25, -0.2) is 0 Å². The molecule has 0 bridgehead atoms. The summed E-state index contributed by atoms with van der Waals surface area (Å²) in [6.45, 7) is 7.61. The minimum Gasteiger partial charge on any atom is -0.500 e. The van der Waals surface area contributed by atoms with E-state index in [0.29, 0.717) is 39.2 Å². The van der Waals surface area contributed by atoms with Gasteiger partial charge >= 0.3 is 0 Å². The summed E-state index contributed by atoms with van der Waals surface area (Å²) in [7, 11) is 0. The summed E-state index contributed by atoms with van der Waals surface area (Å²) in [6, 6.07) is 38.2. The predicted octanol–water partition coefficient (Wildman–Crippen LogP) is 15.6. The van der Waals surface area contributed by atoms with Crippen molar-refractivity contribution in [3.05, 3.63) is 155 Å². The maximum atomic E-state index is 9.98. The first kappa shape index (κ1) is 31.0. The molecule has 0 aliphatic heterocycles. The van der Waals surface area contributed by atoms with Gasteiger partial charge in [-0.1, -0.05) is 163 Å². The number of aromatic nitrogens is 2. The first-order valence-corrected chi connectivity index (χ1v) is 20.3. The van der Waals surface area contributed by atoms with Gasteiger partial charge in [-0.05, 0) is 94.1 Å². The van der Waals surface area contributed by atoms with Gasteiger partial charge < -0.3 is 14.4 Å². The van der Waals surface area contributed by atoms with E-state index in [1.54, 1.807) is 32.9 Å². The van der Waals surface area contributed by atoms with Gasteiger partial charge in [0.1, 0.15) is 5.58 Å². The summed E-state index contributed by atoms with van der Waals surface area (Å²) >= 11 is 0. The Balaban J connectivity index is 0.000000209. The van der Waals surface area contributed by atoms with Gasteiger partial charge in [-0.3, -0.25) is 0 Å². The summed E-state index contributed by atoms with van der Waals surface area (Å²) in [4.78, 5) is 9.02. The molecule has 1 radical (unpaired) electrons. The second-order valence-electron chi connectivity index (χ2n) is 18.0. The van der Waals surface area contributed by atoms with Crippen molar-refractivity contribution in [1.29, 1.82) is 0 Å². The summed E-state index contributed by atoms with van der Waals surface area (Å²) < 4.78 is 98.2. The molecule has 1 aliphatic carbocycles. The van der Waals surface area contributed by atoms with Crippen LogP contribution in [0.25, 0.3) is 66.4 Å². The van der Waals surface area contributed by atoms with Gasteiger partial charge in [-0.2, -0.15) is 0 Å². The zero-order chi connectivity index (χ0) is 51.0. The molecule has 1 fully saturated rings. The molecule has 3 heterocycles. The molecule has 60 heavy (non-hydrogen) atoms. The van der Waals surface area contributed by atoms with Gasteiger partial charge in [0.15, 0.2) is 0 Å². The average Bonchev–Trinajstić information content (AvgIpc) is 3.69. The Morgan fingerprint density at radius 3 is 2.20 bits per heavy atom. The molecule has 1 saturated carbocycles. The van der Waals surface area contributed by atoms with Crippen molar-refractivity contribution in [2.24, 2.45) is 16.2 Å². The van der Waals surface area contributed by atoms with Gasteiger partial charge in [0, 0.05) is 58.3 Å². The first-order valence-electron chi connectivity index (χ1n) is 26.0. The van der Waals surface area contributed by atoms with Crippen LogP contribution in [-0.4, -0.2) is 9.97 Å². The van der Waals surface area contributed by atoms with Gasteiger partial charge in [0.05, 0.1) is 5.58 Å². The number of rotatable bonds is 5. The van der Waals surface area contributed by atoms with Crippen LogP contribution in [0.15, 0.2) is 120 Å². The molecule has 0 N–H and O–H groups in total. The molecule has 9 rings (SSSR count). The fourth-order valence-corrected chi connectivity index (χ4v) is 8.95. The van der Waals surface area contributed by atoms with Crippen LogP contribution in [-0.2, 0) is 26.5 Å². The molecule has 3 aromatic heterocycles. The average molecular weight is 978 g/mol. The number of nitrogens with zero attached hydrogens (tertiary/aromatic N) is 2. The zero-order valence-corrected chi connectivity index (χ0v) is 37.7. The first-order chi connectivity index (χ1) is 32.6. The van der Waals surface area contributed by atoms with Crippen molar-refractivity contribution in [1.82, 2.24) is 9.97 Å². The van der Waals surface area contributed by atoms with E-state index < -0.39 is 49.1 Å². The molecule has 0 amide bonds. The van der Waals surface area contributed by atoms with Crippen LogP contribution in [0.2, 0.25) is 0 Å². The fourth-order valence-electron chi connectivity index (χ4n) is 8.95. The molecule has 0 saturated heterocycles. The minimum atomic E-state index is -2.38. The van der Waals surface area contributed by atoms with Crippen molar-refractivity contribution < 1.29 is 39.6 Å². The maximum absolute atomic E-state index is 9.98.